The maximum Gasteiger partial charge on any atom is 0.319 e. The number of carbonyl (C=O) groups excluding carboxylic acids is 2. The number of hydrogen-bond acceptors (Lipinski definition) is 4. The molecule has 2 aliphatic heterocycles. The Balaban J connectivity index is 1.32. The average molecular weight is 359 g/mol. The van der Waals surface area contributed by atoms with Crippen molar-refractivity contribution in [1.82, 2.24) is 20.4 Å². The fourth-order valence-electron chi connectivity index (χ4n) is 3.50. The van der Waals surface area contributed by atoms with Gasteiger partial charge in [0, 0.05) is 64.0 Å². The first-order valence-corrected chi connectivity index (χ1v) is 9.54. The number of piperazine rings is 1. The van der Waals surface area contributed by atoms with Gasteiger partial charge < -0.3 is 25.8 Å². The van der Waals surface area contributed by atoms with E-state index >= 15 is 0 Å². The number of para-hydroxylation sites is 1. The number of amides is 3. The van der Waals surface area contributed by atoms with Crippen molar-refractivity contribution in [3.05, 3.63) is 30.3 Å². The van der Waals surface area contributed by atoms with Crippen LogP contribution in [0.2, 0.25) is 0 Å². The minimum atomic E-state index is -0.150. The summed E-state index contributed by atoms with van der Waals surface area (Å²) in [6.45, 7) is 6.09. The minimum absolute atomic E-state index is 0.150. The number of likely N-dealkylation sites (tertiary alicyclic amines) is 1. The van der Waals surface area contributed by atoms with Crippen molar-refractivity contribution in [1.29, 1.82) is 0 Å². The van der Waals surface area contributed by atoms with Gasteiger partial charge in [-0.1, -0.05) is 18.2 Å². The van der Waals surface area contributed by atoms with Gasteiger partial charge in [0.1, 0.15) is 0 Å². The number of hydrogen-bond donors (Lipinski definition) is 3. The molecular formula is C19H29N5O2. The monoisotopic (exact) mass is 359 g/mol. The highest BCUT2D eigenvalue weighted by molar-refractivity contribution is 5.89. The third-order valence-corrected chi connectivity index (χ3v) is 5.07. The summed E-state index contributed by atoms with van der Waals surface area (Å²) < 4.78 is 0. The van der Waals surface area contributed by atoms with Crippen LogP contribution in [-0.2, 0) is 4.79 Å². The van der Waals surface area contributed by atoms with E-state index in [0.29, 0.717) is 6.42 Å². The van der Waals surface area contributed by atoms with Crippen molar-refractivity contribution in [3.8, 4) is 0 Å². The number of nitrogens with one attached hydrogen (secondary N) is 3. The largest absolute Gasteiger partial charge is 0.340 e. The van der Waals surface area contributed by atoms with E-state index in [0.717, 1.165) is 64.3 Å². The predicted molar refractivity (Wildman–Crippen MR) is 102 cm³/mol. The van der Waals surface area contributed by atoms with Crippen LogP contribution < -0.4 is 16.0 Å². The highest BCUT2D eigenvalue weighted by Gasteiger charge is 2.22. The number of urea groups is 1. The van der Waals surface area contributed by atoms with E-state index in [1.807, 2.05) is 35.2 Å². The topological polar surface area (TPSA) is 76.7 Å². The van der Waals surface area contributed by atoms with Gasteiger partial charge in [0.05, 0.1) is 0 Å². The SMILES string of the molecule is O=C(Nc1ccccc1)NC1CCN(CCC(=O)N2CCNCC2)CC1. The van der Waals surface area contributed by atoms with E-state index in [2.05, 4.69) is 20.9 Å². The number of benzene rings is 1. The van der Waals surface area contributed by atoms with Crippen molar-refractivity contribution in [2.45, 2.75) is 25.3 Å². The zero-order valence-corrected chi connectivity index (χ0v) is 15.2. The van der Waals surface area contributed by atoms with Gasteiger partial charge in [-0.2, -0.15) is 0 Å². The van der Waals surface area contributed by atoms with Gasteiger partial charge in [-0.25, -0.2) is 4.79 Å². The molecular weight excluding hydrogens is 330 g/mol. The molecule has 0 spiro atoms. The highest BCUT2D eigenvalue weighted by Crippen LogP contribution is 2.12. The molecule has 0 bridgehead atoms. The first-order chi connectivity index (χ1) is 12.7. The molecule has 0 atom stereocenters. The third-order valence-electron chi connectivity index (χ3n) is 5.07. The lowest BCUT2D eigenvalue weighted by Crippen LogP contribution is -2.48. The average Bonchev–Trinajstić information content (AvgIpc) is 2.68. The summed E-state index contributed by atoms with van der Waals surface area (Å²) in [5.41, 5.74) is 0.800. The molecule has 3 amide bonds. The van der Waals surface area contributed by atoms with Gasteiger partial charge in [-0.15, -0.1) is 0 Å². The summed E-state index contributed by atoms with van der Waals surface area (Å²) in [5, 5.41) is 9.17. The Kier molecular flexibility index (Phi) is 6.85. The molecule has 2 aliphatic rings. The lowest BCUT2D eigenvalue weighted by molar-refractivity contribution is -0.132. The van der Waals surface area contributed by atoms with E-state index in [9.17, 15) is 9.59 Å². The standard InChI is InChI=1S/C19H29N5O2/c25-18(24-14-9-20-10-15-24)8-13-23-11-6-17(7-12-23)22-19(26)21-16-4-2-1-3-5-16/h1-5,17,20H,6-15H2,(H2,21,22,26). The first-order valence-electron chi connectivity index (χ1n) is 9.54. The number of piperidine rings is 1. The lowest BCUT2D eigenvalue weighted by Gasteiger charge is -2.33. The minimum Gasteiger partial charge on any atom is -0.340 e. The molecule has 3 rings (SSSR count). The van der Waals surface area contributed by atoms with Crippen molar-refractivity contribution < 1.29 is 9.59 Å². The molecule has 0 unspecified atom stereocenters. The normalized spacial score (nSPS) is 19.2. The quantitative estimate of drug-likeness (QED) is 0.736. The second-order valence-corrected chi connectivity index (χ2v) is 6.96. The molecule has 2 fully saturated rings. The highest BCUT2D eigenvalue weighted by atomic mass is 16.2. The Labute approximate surface area is 155 Å². The van der Waals surface area contributed by atoms with Gasteiger partial charge in [-0.05, 0) is 25.0 Å². The molecule has 26 heavy (non-hydrogen) atoms. The van der Waals surface area contributed by atoms with Crippen LogP contribution in [0.4, 0.5) is 10.5 Å². The molecule has 7 heteroatoms. The summed E-state index contributed by atoms with van der Waals surface area (Å²) in [6.07, 6.45) is 2.43. The Morgan fingerprint density at radius 1 is 1.04 bits per heavy atom. The lowest BCUT2D eigenvalue weighted by atomic mass is 10.0. The van der Waals surface area contributed by atoms with E-state index < -0.39 is 0 Å². The van der Waals surface area contributed by atoms with Gasteiger partial charge in [0.2, 0.25) is 5.91 Å². The summed E-state index contributed by atoms with van der Waals surface area (Å²) >= 11 is 0. The second kappa shape index (κ2) is 9.54. The van der Waals surface area contributed by atoms with Crippen LogP contribution in [0.25, 0.3) is 0 Å². The van der Waals surface area contributed by atoms with Gasteiger partial charge in [0.25, 0.3) is 0 Å². The fourth-order valence-corrected chi connectivity index (χ4v) is 3.50. The van der Waals surface area contributed by atoms with Crippen LogP contribution >= 0.6 is 0 Å². The van der Waals surface area contributed by atoms with Gasteiger partial charge in [-0.3, -0.25) is 4.79 Å². The third kappa shape index (κ3) is 5.71. The molecule has 2 heterocycles. The molecule has 0 aliphatic carbocycles. The summed E-state index contributed by atoms with van der Waals surface area (Å²) in [4.78, 5) is 28.6. The Morgan fingerprint density at radius 3 is 2.42 bits per heavy atom. The van der Waals surface area contributed by atoms with Crippen LogP contribution in [-0.4, -0.2) is 73.6 Å². The summed E-state index contributed by atoms with van der Waals surface area (Å²) in [5.74, 6) is 0.258. The molecule has 0 radical (unpaired) electrons. The fraction of sp³-hybridized carbons (Fsp3) is 0.579. The van der Waals surface area contributed by atoms with Crippen LogP contribution in [0.5, 0.6) is 0 Å². The number of nitrogens with zero attached hydrogens (tertiary/aromatic N) is 2. The van der Waals surface area contributed by atoms with Crippen LogP contribution in [0.3, 0.4) is 0 Å². The smallest absolute Gasteiger partial charge is 0.319 e. The molecule has 1 aromatic rings. The van der Waals surface area contributed by atoms with Gasteiger partial charge >= 0.3 is 6.03 Å². The molecule has 7 nitrogen and oxygen atoms in total. The maximum atomic E-state index is 12.2. The van der Waals surface area contributed by atoms with E-state index in [1.54, 1.807) is 0 Å². The van der Waals surface area contributed by atoms with Crippen molar-refractivity contribution >= 4 is 17.6 Å². The molecule has 142 valence electrons. The molecule has 1 aromatic carbocycles. The summed E-state index contributed by atoms with van der Waals surface area (Å²) in [6, 6.07) is 9.51. The van der Waals surface area contributed by atoms with Crippen molar-refractivity contribution in [2.75, 3.05) is 51.1 Å². The number of anilines is 1. The van der Waals surface area contributed by atoms with E-state index in [4.69, 9.17) is 0 Å². The summed E-state index contributed by atoms with van der Waals surface area (Å²) in [7, 11) is 0. The van der Waals surface area contributed by atoms with Crippen LogP contribution in [0, 0.1) is 0 Å². The Hall–Kier alpha value is -2.12. The van der Waals surface area contributed by atoms with Crippen LogP contribution in [0.15, 0.2) is 30.3 Å². The second-order valence-electron chi connectivity index (χ2n) is 6.96. The number of rotatable bonds is 5. The van der Waals surface area contributed by atoms with E-state index in [1.165, 1.54) is 0 Å². The van der Waals surface area contributed by atoms with Gasteiger partial charge in [0.15, 0.2) is 0 Å². The molecule has 0 aromatic heterocycles. The van der Waals surface area contributed by atoms with Crippen molar-refractivity contribution in [3.63, 3.8) is 0 Å². The Morgan fingerprint density at radius 2 is 1.73 bits per heavy atom. The molecule has 0 saturated carbocycles. The van der Waals surface area contributed by atoms with Crippen LogP contribution in [0.1, 0.15) is 19.3 Å². The molecule has 3 N–H and O–H groups in total. The maximum absolute atomic E-state index is 12.2. The number of carbonyl (C=O) groups is 2. The molecule has 2 saturated heterocycles. The predicted octanol–water partition coefficient (Wildman–Crippen LogP) is 1.09. The zero-order valence-electron chi connectivity index (χ0n) is 15.2. The zero-order chi connectivity index (χ0) is 18.2. The van der Waals surface area contributed by atoms with Crippen molar-refractivity contribution in [2.24, 2.45) is 0 Å². The first kappa shape index (κ1) is 18.7. The Bertz CT molecular complexity index is 581. The van der Waals surface area contributed by atoms with E-state index in [-0.39, 0.29) is 18.0 Å².